The first-order valence-electron chi connectivity index (χ1n) is 7.81. The Kier molecular flexibility index (Phi) is 6.40. The third-order valence-corrected chi connectivity index (χ3v) is 3.24. The van der Waals surface area contributed by atoms with Crippen LogP contribution in [0.2, 0.25) is 0 Å². The molecule has 5 heteroatoms. The lowest BCUT2D eigenvalue weighted by atomic mass is 10.1. The summed E-state index contributed by atoms with van der Waals surface area (Å²) >= 11 is 0. The first-order chi connectivity index (χ1) is 9.80. The van der Waals surface area contributed by atoms with Crippen LogP contribution >= 0.6 is 0 Å². The molecule has 1 aromatic heterocycles. The Balaban J connectivity index is 2.99. The molecular weight excluding hydrogens is 264 g/mol. The Labute approximate surface area is 128 Å². The van der Waals surface area contributed by atoms with Crippen LogP contribution in [-0.2, 0) is 4.74 Å². The van der Waals surface area contributed by atoms with Crippen LogP contribution in [0.4, 0.5) is 11.6 Å². The molecule has 0 aliphatic carbocycles. The van der Waals surface area contributed by atoms with E-state index in [-0.39, 0.29) is 5.60 Å². The van der Waals surface area contributed by atoms with E-state index in [1.54, 1.807) is 0 Å². The van der Waals surface area contributed by atoms with Gasteiger partial charge < -0.3 is 15.4 Å². The van der Waals surface area contributed by atoms with E-state index in [1.807, 2.05) is 13.8 Å². The standard InChI is InChI=1S/C16H30N4O/c1-8-17-14-12(5)15(20-13(19-14)11(3)4)18-10-16(6,7)21-9-2/h11H,8-10H2,1-7H3,(H2,17,18,19,20). The predicted molar refractivity (Wildman–Crippen MR) is 89.2 cm³/mol. The fourth-order valence-corrected chi connectivity index (χ4v) is 2.04. The second kappa shape index (κ2) is 7.59. The van der Waals surface area contributed by atoms with Gasteiger partial charge in [0, 0.05) is 31.2 Å². The van der Waals surface area contributed by atoms with Crippen LogP contribution in [0.1, 0.15) is 58.8 Å². The fraction of sp³-hybridized carbons (Fsp3) is 0.750. The molecule has 0 radical (unpaired) electrons. The number of hydrogen-bond donors (Lipinski definition) is 2. The minimum absolute atomic E-state index is 0.220. The van der Waals surface area contributed by atoms with Gasteiger partial charge >= 0.3 is 0 Å². The molecule has 0 aromatic carbocycles. The highest BCUT2D eigenvalue weighted by Gasteiger charge is 2.19. The number of aromatic nitrogens is 2. The van der Waals surface area contributed by atoms with Crippen molar-refractivity contribution in [3.63, 3.8) is 0 Å². The van der Waals surface area contributed by atoms with Gasteiger partial charge in [0.05, 0.1) is 5.60 Å². The van der Waals surface area contributed by atoms with Crippen LogP contribution in [0.25, 0.3) is 0 Å². The van der Waals surface area contributed by atoms with Crippen LogP contribution in [-0.4, -0.2) is 35.3 Å². The summed E-state index contributed by atoms with van der Waals surface area (Å²) in [5.41, 5.74) is 0.830. The zero-order valence-electron chi connectivity index (χ0n) is 14.5. The molecule has 0 amide bonds. The van der Waals surface area contributed by atoms with E-state index in [4.69, 9.17) is 4.74 Å². The summed E-state index contributed by atoms with van der Waals surface area (Å²) in [4.78, 5) is 9.27. The van der Waals surface area contributed by atoms with E-state index in [2.05, 4.69) is 55.2 Å². The van der Waals surface area contributed by atoms with Gasteiger partial charge in [0.2, 0.25) is 0 Å². The van der Waals surface area contributed by atoms with Gasteiger partial charge in [-0.05, 0) is 34.6 Å². The van der Waals surface area contributed by atoms with E-state index in [1.165, 1.54) is 0 Å². The molecule has 1 rings (SSSR count). The SMILES string of the molecule is CCNc1nc(C(C)C)nc(NCC(C)(C)OCC)c1C. The molecule has 0 atom stereocenters. The molecule has 21 heavy (non-hydrogen) atoms. The maximum Gasteiger partial charge on any atom is 0.135 e. The van der Waals surface area contributed by atoms with Gasteiger partial charge in [0.1, 0.15) is 17.5 Å². The molecule has 0 aliphatic heterocycles. The summed E-state index contributed by atoms with van der Waals surface area (Å²) in [6.07, 6.45) is 0. The zero-order valence-corrected chi connectivity index (χ0v) is 14.5. The molecule has 0 saturated carbocycles. The van der Waals surface area contributed by atoms with Crippen molar-refractivity contribution >= 4 is 11.6 Å². The number of nitrogens with one attached hydrogen (secondary N) is 2. The van der Waals surface area contributed by atoms with Gasteiger partial charge in [-0.2, -0.15) is 0 Å². The number of ether oxygens (including phenoxy) is 1. The Bertz CT molecular complexity index is 458. The molecule has 0 bridgehead atoms. The van der Waals surface area contributed by atoms with E-state index in [0.717, 1.165) is 29.6 Å². The van der Waals surface area contributed by atoms with Crippen molar-refractivity contribution < 1.29 is 4.74 Å². The van der Waals surface area contributed by atoms with Gasteiger partial charge in [-0.3, -0.25) is 0 Å². The Morgan fingerprint density at radius 3 is 2.14 bits per heavy atom. The van der Waals surface area contributed by atoms with Crippen molar-refractivity contribution in [2.24, 2.45) is 0 Å². The molecule has 0 saturated heterocycles. The average Bonchev–Trinajstić information content (AvgIpc) is 2.39. The largest absolute Gasteiger partial charge is 0.374 e. The molecular formula is C16H30N4O. The summed E-state index contributed by atoms with van der Waals surface area (Å²) in [5, 5.41) is 6.73. The van der Waals surface area contributed by atoms with Crippen LogP contribution in [0.15, 0.2) is 0 Å². The van der Waals surface area contributed by atoms with Crippen molar-refractivity contribution in [2.75, 3.05) is 30.3 Å². The number of nitrogens with zero attached hydrogens (tertiary/aromatic N) is 2. The Morgan fingerprint density at radius 1 is 1.10 bits per heavy atom. The van der Waals surface area contributed by atoms with Crippen molar-refractivity contribution in [2.45, 2.75) is 60.0 Å². The Hall–Kier alpha value is -1.36. The summed E-state index contributed by atoms with van der Waals surface area (Å²) < 4.78 is 5.72. The summed E-state index contributed by atoms with van der Waals surface area (Å²) in [6, 6.07) is 0. The van der Waals surface area contributed by atoms with E-state index in [9.17, 15) is 0 Å². The third kappa shape index (κ3) is 5.16. The lowest BCUT2D eigenvalue weighted by molar-refractivity contribution is 0.000632. The molecule has 0 aliphatic rings. The summed E-state index contributed by atoms with van der Waals surface area (Å²) in [5.74, 6) is 2.95. The van der Waals surface area contributed by atoms with Gasteiger partial charge in [0.25, 0.3) is 0 Å². The highest BCUT2D eigenvalue weighted by atomic mass is 16.5. The molecule has 1 aromatic rings. The first kappa shape index (κ1) is 17.7. The maximum atomic E-state index is 5.72. The minimum Gasteiger partial charge on any atom is -0.374 e. The normalized spacial score (nSPS) is 11.8. The van der Waals surface area contributed by atoms with E-state index >= 15 is 0 Å². The summed E-state index contributed by atoms with van der Waals surface area (Å²) in [7, 11) is 0. The molecule has 1 heterocycles. The zero-order chi connectivity index (χ0) is 16.0. The van der Waals surface area contributed by atoms with Gasteiger partial charge in [0.15, 0.2) is 0 Å². The van der Waals surface area contributed by atoms with Crippen molar-refractivity contribution in [3.8, 4) is 0 Å². The molecule has 0 spiro atoms. The van der Waals surface area contributed by atoms with Gasteiger partial charge in [-0.15, -0.1) is 0 Å². The van der Waals surface area contributed by atoms with Crippen LogP contribution in [0.5, 0.6) is 0 Å². The van der Waals surface area contributed by atoms with Crippen molar-refractivity contribution in [1.82, 2.24) is 9.97 Å². The predicted octanol–water partition coefficient (Wildman–Crippen LogP) is 3.57. The first-order valence-corrected chi connectivity index (χ1v) is 7.81. The van der Waals surface area contributed by atoms with Crippen molar-refractivity contribution in [3.05, 3.63) is 11.4 Å². The lowest BCUT2D eigenvalue weighted by Crippen LogP contribution is -2.34. The van der Waals surface area contributed by atoms with Gasteiger partial charge in [-0.25, -0.2) is 9.97 Å². The second-order valence-corrected chi connectivity index (χ2v) is 6.14. The maximum absolute atomic E-state index is 5.72. The fourth-order valence-electron chi connectivity index (χ4n) is 2.04. The number of anilines is 2. The van der Waals surface area contributed by atoms with Crippen molar-refractivity contribution in [1.29, 1.82) is 0 Å². The smallest absolute Gasteiger partial charge is 0.135 e. The van der Waals surface area contributed by atoms with Crippen LogP contribution in [0.3, 0.4) is 0 Å². The molecule has 120 valence electrons. The number of hydrogen-bond acceptors (Lipinski definition) is 5. The van der Waals surface area contributed by atoms with E-state index < -0.39 is 0 Å². The topological polar surface area (TPSA) is 59.1 Å². The quantitative estimate of drug-likeness (QED) is 0.767. The molecule has 0 unspecified atom stereocenters. The minimum atomic E-state index is -0.220. The van der Waals surface area contributed by atoms with Gasteiger partial charge in [-0.1, -0.05) is 13.8 Å². The number of rotatable bonds is 8. The Morgan fingerprint density at radius 2 is 1.67 bits per heavy atom. The lowest BCUT2D eigenvalue weighted by Gasteiger charge is -2.26. The van der Waals surface area contributed by atoms with Crippen LogP contribution < -0.4 is 10.6 Å². The third-order valence-electron chi connectivity index (χ3n) is 3.24. The highest BCUT2D eigenvalue weighted by Crippen LogP contribution is 2.24. The second-order valence-electron chi connectivity index (χ2n) is 6.14. The average molecular weight is 294 g/mol. The van der Waals surface area contributed by atoms with E-state index in [0.29, 0.717) is 19.1 Å². The monoisotopic (exact) mass is 294 g/mol. The highest BCUT2D eigenvalue weighted by molar-refractivity contribution is 5.57. The molecule has 0 fully saturated rings. The summed E-state index contributed by atoms with van der Waals surface area (Å²) in [6.45, 7) is 16.8. The van der Waals surface area contributed by atoms with Crippen LogP contribution in [0, 0.1) is 6.92 Å². The molecule has 5 nitrogen and oxygen atoms in total. The molecule has 2 N–H and O–H groups in total.